The summed E-state index contributed by atoms with van der Waals surface area (Å²) in [5.41, 5.74) is 3.59. The fraction of sp³-hybridized carbons (Fsp3) is 0.375. The Morgan fingerprint density at radius 1 is 1.30 bits per heavy atom. The zero-order valence-electron chi connectivity index (χ0n) is 12.1. The number of hydrogen-bond acceptors (Lipinski definition) is 3. The molecule has 2 rings (SSSR count). The van der Waals surface area contributed by atoms with E-state index in [1.165, 1.54) is 11.1 Å². The molecule has 0 saturated heterocycles. The lowest BCUT2D eigenvalue weighted by Gasteiger charge is -2.00. The van der Waals surface area contributed by atoms with Gasteiger partial charge in [-0.3, -0.25) is 0 Å². The van der Waals surface area contributed by atoms with E-state index in [1.807, 2.05) is 29.1 Å². The van der Waals surface area contributed by atoms with Crippen molar-refractivity contribution in [1.82, 2.24) is 15.0 Å². The van der Waals surface area contributed by atoms with Crippen molar-refractivity contribution in [2.24, 2.45) is 0 Å². The number of hydrogen-bond donors (Lipinski definition) is 0. The van der Waals surface area contributed by atoms with Crippen molar-refractivity contribution in [3.8, 4) is 0 Å². The average molecular weight is 271 g/mol. The maximum absolute atomic E-state index is 5.03. The summed E-state index contributed by atoms with van der Waals surface area (Å²) in [6.45, 7) is 3.56. The van der Waals surface area contributed by atoms with Crippen LogP contribution in [-0.4, -0.2) is 28.7 Å². The Balaban J connectivity index is 1.86. The molecule has 20 heavy (non-hydrogen) atoms. The van der Waals surface area contributed by atoms with Crippen LogP contribution < -0.4 is 0 Å². The van der Waals surface area contributed by atoms with Crippen molar-refractivity contribution in [2.45, 2.75) is 26.3 Å². The van der Waals surface area contributed by atoms with E-state index in [0.29, 0.717) is 6.61 Å². The molecule has 2 aromatic rings. The highest BCUT2D eigenvalue weighted by atomic mass is 16.5. The molecule has 0 N–H and O–H groups in total. The summed E-state index contributed by atoms with van der Waals surface area (Å²) in [5, 5.41) is 8.39. The third-order valence-electron chi connectivity index (χ3n) is 3.15. The Morgan fingerprint density at radius 3 is 2.85 bits per heavy atom. The van der Waals surface area contributed by atoms with Crippen LogP contribution in [0.1, 0.15) is 24.6 Å². The molecule has 4 heteroatoms. The maximum atomic E-state index is 5.03. The normalized spacial score (nSPS) is 11.8. The number of allylic oxidation sites excluding steroid dienone is 1. The maximum Gasteiger partial charge on any atom is 0.0830 e. The zero-order valence-corrected chi connectivity index (χ0v) is 12.1. The van der Waals surface area contributed by atoms with Crippen LogP contribution in [0.4, 0.5) is 0 Å². The van der Waals surface area contributed by atoms with Crippen LogP contribution in [0, 0.1) is 0 Å². The number of methoxy groups -OCH3 is 1. The molecular formula is C16H21N3O. The molecular weight excluding hydrogens is 250 g/mol. The molecule has 0 radical (unpaired) electrons. The van der Waals surface area contributed by atoms with Gasteiger partial charge in [0.25, 0.3) is 0 Å². The van der Waals surface area contributed by atoms with Gasteiger partial charge < -0.3 is 4.74 Å². The third-order valence-corrected chi connectivity index (χ3v) is 3.15. The second-order valence-corrected chi connectivity index (χ2v) is 4.90. The SMILES string of the molecule is COC/C=C(\C)CCc1cn(Cc2ccccc2)nn1. The Morgan fingerprint density at radius 2 is 2.10 bits per heavy atom. The molecule has 4 nitrogen and oxygen atoms in total. The van der Waals surface area contributed by atoms with E-state index >= 15 is 0 Å². The van der Waals surface area contributed by atoms with Gasteiger partial charge in [-0.1, -0.05) is 47.2 Å². The zero-order chi connectivity index (χ0) is 14.2. The molecule has 0 aliphatic rings. The summed E-state index contributed by atoms with van der Waals surface area (Å²) in [4.78, 5) is 0. The first-order valence-electron chi connectivity index (χ1n) is 6.85. The summed E-state index contributed by atoms with van der Waals surface area (Å²) in [6.07, 6.45) is 6.04. The summed E-state index contributed by atoms with van der Waals surface area (Å²) < 4.78 is 6.91. The molecule has 0 unspecified atom stereocenters. The van der Waals surface area contributed by atoms with Crippen molar-refractivity contribution >= 4 is 0 Å². The van der Waals surface area contributed by atoms with Crippen molar-refractivity contribution in [3.63, 3.8) is 0 Å². The van der Waals surface area contributed by atoms with Crippen LogP contribution in [0.3, 0.4) is 0 Å². The summed E-state index contributed by atoms with van der Waals surface area (Å²) in [7, 11) is 1.71. The van der Waals surface area contributed by atoms with E-state index in [1.54, 1.807) is 7.11 Å². The van der Waals surface area contributed by atoms with Crippen molar-refractivity contribution in [3.05, 3.63) is 59.4 Å². The van der Waals surface area contributed by atoms with Gasteiger partial charge >= 0.3 is 0 Å². The van der Waals surface area contributed by atoms with Crippen LogP contribution in [0.5, 0.6) is 0 Å². The summed E-state index contributed by atoms with van der Waals surface area (Å²) in [5.74, 6) is 0. The lowest BCUT2D eigenvalue weighted by Crippen LogP contribution is -1.99. The van der Waals surface area contributed by atoms with E-state index in [0.717, 1.165) is 25.1 Å². The monoisotopic (exact) mass is 271 g/mol. The van der Waals surface area contributed by atoms with E-state index < -0.39 is 0 Å². The highest BCUT2D eigenvalue weighted by molar-refractivity contribution is 5.15. The van der Waals surface area contributed by atoms with E-state index in [2.05, 4.69) is 35.4 Å². The van der Waals surface area contributed by atoms with Gasteiger partial charge in [0.2, 0.25) is 0 Å². The Bertz CT molecular complexity index is 546. The average Bonchev–Trinajstić information content (AvgIpc) is 2.91. The Labute approximate surface area is 120 Å². The third kappa shape index (κ3) is 4.63. The van der Waals surface area contributed by atoms with Crippen molar-refractivity contribution in [2.75, 3.05) is 13.7 Å². The molecule has 0 amide bonds. The fourth-order valence-corrected chi connectivity index (χ4v) is 1.95. The molecule has 0 bridgehead atoms. The number of benzene rings is 1. The van der Waals surface area contributed by atoms with Crippen LogP contribution in [0.15, 0.2) is 48.2 Å². The van der Waals surface area contributed by atoms with E-state index in [9.17, 15) is 0 Å². The number of aryl methyl sites for hydroxylation is 1. The lowest BCUT2D eigenvalue weighted by molar-refractivity contribution is 0.233. The second-order valence-electron chi connectivity index (χ2n) is 4.90. The van der Waals surface area contributed by atoms with Gasteiger partial charge in [0.05, 0.1) is 18.8 Å². The van der Waals surface area contributed by atoms with Gasteiger partial charge in [0.1, 0.15) is 0 Å². The molecule has 1 aromatic carbocycles. The topological polar surface area (TPSA) is 39.9 Å². The molecule has 0 fully saturated rings. The molecule has 0 atom stereocenters. The van der Waals surface area contributed by atoms with Crippen LogP contribution in [-0.2, 0) is 17.7 Å². The predicted octanol–water partition coefficient (Wildman–Crippen LogP) is 2.85. The van der Waals surface area contributed by atoms with E-state index in [-0.39, 0.29) is 0 Å². The number of nitrogens with zero attached hydrogens (tertiary/aromatic N) is 3. The largest absolute Gasteiger partial charge is 0.381 e. The summed E-state index contributed by atoms with van der Waals surface area (Å²) >= 11 is 0. The van der Waals surface area contributed by atoms with Gasteiger partial charge in [-0.15, -0.1) is 5.10 Å². The Kier molecular flexibility index (Phi) is 5.50. The lowest BCUT2D eigenvalue weighted by atomic mass is 10.1. The molecule has 1 heterocycles. The molecule has 0 spiro atoms. The Hall–Kier alpha value is -1.94. The molecule has 106 valence electrons. The molecule has 0 aliphatic carbocycles. The predicted molar refractivity (Wildman–Crippen MR) is 79.5 cm³/mol. The minimum Gasteiger partial charge on any atom is -0.381 e. The summed E-state index contributed by atoms with van der Waals surface area (Å²) in [6, 6.07) is 10.3. The van der Waals surface area contributed by atoms with E-state index in [4.69, 9.17) is 4.74 Å². The van der Waals surface area contributed by atoms with Crippen molar-refractivity contribution < 1.29 is 4.74 Å². The highest BCUT2D eigenvalue weighted by Gasteiger charge is 2.02. The standard InChI is InChI=1S/C16H21N3O/c1-14(10-11-20-2)8-9-16-13-19(18-17-16)12-15-6-4-3-5-7-15/h3-7,10,13H,8-9,11-12H2,1-2H3/b14-10+. The molecule has 0 aliphatic heterocycles. The quantitative estimate of drug-likeness (QED) is 0.727. The van der Waals surface area contributed by atoms with Crippen LogP contribution in [0.25, 0.3) is 0 Å². The first-order valence-corrected chi connectivity index (χ1v) is 6.85. The van der Waals surface area contributed by atoms with Gasteiger partial charge in [0.15, 0.2) is 0 Å². The van der Waals surface area contributed by atoms with Crippen LogP contribution >= 0.6 is 0 Å². The fourth-order valence-electron chi connectivity index (χ4n) is 1.95. The first-order chi connectivity index (χ1) is 9.78. The van der Waals surface area contributed by atoms with Gasteiger partial charge in [-0.2, -0.15) is 0 Å². The number of aromatic nitrogens is 3. The number of ether oxygens (including phenoxy) is 1. The van der Waals surface area contributed by atoms with Gasteiger partial charge in [-0.05, 0) is 25.3 Å². The highest BCUT2D eigenvalue weighted by Crippen LogP contribution is 2.07. The molecule has 0 saturated carbocycles. The minimum atomic E-state index is 0.673. The van der Waals surface area contributed by atoms with Gasteiger partial charge in [0, 0.05) is 13.3 Å². The number of rotatable bonds is 7. The minimum absolute atomic E-state index is 0.673. The molecule has 1 aromatic heterocycles. The van der Waals surface area contributed by atoms with Crippen molar-refractivity contribution in [1.29, 1.82) is 0 Å². The van der Waals surface area contributed by atoms with Crippen LogP contribution in [0.2, 0.25) is 0 Å². The smallest absolute Gasteiger partial charge is 0.0830 e. The first kappa shape index (κ1) is 14.5. The van der Waals surface area contributed by atoms with Gasteiger partial charge in [-0.25, -0.2) is 4.68 Å². The second kappa shape index (κ2) is 7.60.